The van der Waals surface area contributed by atoms with Gasteiger partial charge in [0.2, 0.25) is 0 Å². The number of hydrogen-bond acceptors (Lipinski definition) is 4. The maximum atomic E-state index is 11.4. The molecule has 1 unspecified atom stereocenters. The molecule has 4 nitrogen and oxygen atoms in total. The molecule has 28 heavy (non-hydrogen) atoms. The van der Waals surface area contributed by atoms with Crippen LogP contribution in [0.4, 0.5) is 0 Å². The van der Waals surface area contributed by atoms with E-state index in [1.54, 1.807) is 14.0 Å². The van der Waals surface area contributed by atoms with Crippen LogP contribution < -0.4 is 9.47 Å². The van der Waals surface area contributed by atoms with E-state index in [2.05, 4.69) is 44.7 Å². The van der Waals surface area contributed by atoms with Gasteiger partial charge < -0.3 is 14.2 Å². The summed E-state index contributed by atoms with van der Waals surface area (Å²) in [6.07, 6.45) is 1.00. The predicted octanol–water partition coefficient (Wildman–Crippen LogP) is 5.35. The fourth-order valence-electron chi connectivity index (χ4n) is 3.24. The van der Waals surface area contributed by atoms with Crippen LogP contribution in [-0.2, 0) is 9.53 Å². The molecule has 0 saturated carbocycles. The molecule has 0 fully saturated rings. The van der Waals surface area contributed by atoms with Crippen LogP contribution in [0.15, 0.2) is 48.6 Å². The van der Waals surface area contributed by atoms with E-state index in [1.807, 2.05) is 19.1 Å². The molecule has 2 aromatic carbocycles. The van der Waals surface area contributed by atoms with Crippen LogP contribution in [-0.4, -0.2) is 26.3 Å². The molecule has 0 spiro atoms. The molecule has 2 rings (SSSR count). The number of benzene rings is 2. The van der Waals surface area contributed by atoms with E-state index in [4.69, 9.17) is 14.2 Å². The van der Waals surface area contributed by atoms with Crippen molar-refractivity contribution in [3.63, 3.8) is 0 Å². The molecule has 0 aromatic heterocycles. The van der Waals surface area contributed by atoms with Crippen LogP contribution in [0.2, 0.25) is 0 Å². The van der Waals surface area contributed by atoms with E-state index in [-0.39, 0.29) is 6.61 Å². The van der Waals surface area contributed by atoms with Crippen LogP contribution in [0.25, 0.3) is 0 Å². The molecule has 0 heterocycles. The van der Waals surface area contributed by atoms with Gasteiger partial charge in [-0.1, -0.05) is 37.8 Å². The standard InChI is InChI=1S/C24H30O4/c1-7-21(19-8-10-22(26-6)17(4)14-19)20-9-11-23(18(5)15-20)27-12-13-28-24(25)16(2)3/h8-11,14-15,21H,2,7,12-13H2,1,3-6H3. The van der Waals surface area contributed by atoms with Gasteiger partial charge in [0, 0.05) is 11.5 Å². The molecule has 1 atom stereocenters. The van der Waals surface area contributed by atoms with Crippen molar-refractivity contribution in [2.24, 2.45) is 0 Å². The Morgan fingerprint density at radius 3 is 2.04 bits per heavy atom. The van der Waals surface area contributed by atoms with Gasteiger partial charge in [-0.15, -0.1) is 0 Å². The number of aryl methyl sites for hydroxylation is 2. The van der Waals surface area contributed by atoms with Crippen LogP contribution in [0.5, 0.6) is 11.5 Å². The zero-order chi connectivity index (χ0) is 20.7. The number of carbonyl (C=O) groups is 1. The van der Waals surface area contributed by atoms with Gasteiger partial charge in [0.05, 0.1) is 7.11 Å². The maximum Gasteiger partial charge on any atom is 0.333 e. The number of carbonyl (C=O) groups excluding carboxylic acids is 1. The van der Waals surface area contributed by atoms with E-state index >= 15 is 0 Å². The van der Waals surface area contributed by atoms with Gasteiger partial charge in [0.1, 0.15) is 24.7 Å². The molecule has 0 aliphatic rings. The van der Waals surface area contributed by atoms with Crippen LogP contribution in [0.3, 0.4) is 0 Å². The summed E-state index contributed by atoms with van der Waals surface area (Å²) in [5.41, 5.74) is 5.12. The molecule has 150 valence electrons. The summed E-state index contributed by atoms with van der Waals surface area (Å²) < 4.78 is 16.2. The Morgan fingerprint density at radius 2 is 1.57 bits per heavy atom. The van der Waals surface area contributed by atoms with E-state index in [0.717, 1.165) is 29.0 Å². The molecule has 2 aromatic rings. The summed E-state index contributed by atoms with van der Waals surface area (Å²) in [6.45, 7) is 12.0. The first-order valence-corrected chi connectivity index (χ1v) is 9.57. The van der Waals surface area contributed by atoms with Gasteiger partial charge >= 0.3 is 5.97 Å². The molecule has 0 saturated heterocycles. The molecule has 4 heteroatoms. The summed E-state index contributed by atoms with van der Waals surface area (Å²) in [5, 5.41) is 0. The zero-order valence-electron chi connectivity index (χ0n) is 17.5. The Kier molecular flexibility index (Phi) is 7.68. The minimum absolute atomic E-state index is 0.204. The minimum atomic E-state index is -0.392. The van der Waals surface area contributed by atoms with E-state index < -0.39 is 5.97 Å². The summed E-state index contributed by atoms with van der Waals surface area (Å²) in [6, 6.07) is 12.6. The van der Waals surface area contributed by atoms with Gasteiger partial charge in [0.15, 0.2) is 0 Å². The summed E-state index contributed by atoms with van der Waals surface area (Å²) >= 11 is 0. The van der Waals surface area contributed by atoms with Gasteiger partial charge in [-0.05, 0) is 61.6 Å². The van der Waals surface area contributed by atoms with Crippen molar-refractivity contribution in [1.82, 2.24) is 0 Å². The quantitative estimate of drug-likeness (QED) is 0.333. The third-order valence-corrected chi connectivity index (χ3v) is 4.75. The third kappa shape index (κ3) is 5.38. The van der Waals surface area contributed by atoms with Crippen LogP contribution in [0.1, 0.15) is 48.4 Å². The van der Waals surface area contributed by atoms with Crippen molar-refractivity contribution in [3.8, 4) is 11.5 Å². The highest BCUT2D eigenvalue weighted by Crippen LogP contribution is 2.33. The van der Waals surface area contributed by atoms with Crippen LogP contribution >= 0.6 is 0 Å². The molecule has 0 bridgehead atoms. The Bertz CT molecular complexity index is 838. The smallest absolute Gasteiger partial charge is 0.333 e. The first kappa shape index (κ1) is 21.5. The summed E-state index contributed by atoms with van der Waals surface area (Å²) in [5.74, 6) is 1.63. The second kappa shape index (κ2) is 9.98. The molecule has 0 radical (unpaired) electrons. The van der Waals surface area contributed by atoms with E-state index in [9.17, 15) is 4.79 Å². The molecular formula is C24H30O4. The van der Waals surface area contributed by atoms with Crippen molar-refractivity contribution in [1.29, 1.82) is 0 Å². The van der Waals surface area contributed by atoms with Crippen molar-refractivity contribution in [2.75, 3.05) is 20.3 Å². The lowest BCUT2D eigenvalue weighted by Crippen LogP contribution is -2.12. The monoisotopic (exact) mass is 382 g/mol. The Morgan fingerprint density at radius 1 is 1.00 bits per heavy atom. The molecule has 0 amide bonds. The minimum Gasteiger partial charge on any atom is -0.496 e. The molecule has 0 aliphatic heterocycles. The van der Waals surface area contributed by atoms with E-state index in [0.29, 0.717) is 18.1 Å². The third-order valence-electron chi connectivity index (χ3n) is 4.75. The highest BCUT2D eigenvalue weighted by atomic mass is 16.6. The lowest BCUT2D eigenvalue weighted by Gasteiger charge is -2.19. The van der Waals surface area contributed by atoms with Crippen molar-refractivity contribution < 1.29 is 19.0 Å². The topological polar surface area (TPSA) is 44.8 Å². The summed E-state index contributed by atoms with van der Waals surface area (Å²) in [7, 11) is 1.70. The van der Waals surface area contributed by atoms with Gasteiger partial charge in [0.25, 0.3) is 0 Å². The Labute approximate surface area is 168 Å². The number of rotatable bonds is 9. The van der Waals surface area contributed by atoms with Gasteiger partial charge in [-0.3, -0.25) is 0 Å². The van der Waals surface area contributed by atoms with Gasteiger partial charge in [-0.2, -0.15) is 0 Å². The first-order valence-electron chi connectivity index (χ1n) is 9.57. The Hall–Kier alpha value is -2.75. The average Bonchev–Trinajstić information content (AvgIpc) is 2.67. The predicted molar refractivity (Wildman–Crippen MR) is 112 cm³/mol. The van der Waals surface area contributed by atoms with Crippen molar-refractivity contribution in [3.05, 3.63) is 70.8 Å². The number of hydrogen-bond donors (Lipinski definition) is 0. The van der Waals surface area contributed by atoms with Crippen molar-refractivity contribution in [2.45, 2.75) is 40.0 Å². The molecular weight excluding hydrogens is 352 g/mol. The zero-order valence-corrected chi connectivity index (χ0v) is 17.5. The average molecular weight is 383 g/mol. The van der Waals surface area contributed by atoms with Crippen molar-refractivity contribution >= 4 is 5.97 Å². The summed E-state index contributed by atoms with van der Waals surface area (Å²) in [4.78, 5) is 11.4. The number of esters is 1. The second-order valence-corrected chi connectivity index (χ2v) is 6.98. The number of methoxy groups -OCH3 is 1. The molecule has 0 aliphatic carbocycles. The van der Waals surface area contributed by atoms with E-state index in [1.165, 1.54) is 11.1 Å². The normalized spacial score (nSPS) is 11.6. The second-order valence-electron chi connectivity index (χ2n) is 6.98. The fourth-order valence-corrected chi connectivity index (χ4v) is 3.24. The highest BCUT2D eigenvalue weighted by molar-refractivity contribution is 5.86. The first-order chi connectivity index (χ1) is 13.4. The van der Waals surface area contributed by atoms with Gasteiger partial charge in [-0.25, -0.2) is 4.79 Å². The van der Waals surface area contributed by atoms with Crippen LogP contribution in [0, 0.1) is 13.8 Å². The Balaban J connectivity index is 2.08. The lowest BCUT2D eigenvalue weighted by atomic mass is 9.87. The fraction of sp³-hybridized carbons (Fsp3) is 0.375. The highest BCUT2D eigenvalue weighted by Gasteiger charge is 2.15. The lowest BCUT2D eigenvalue weighted by molar-refractivity contribution is -0.139. The largest absolute Gasteiger partial charge is 0.496 e. The molecule has 0 N–H and O–H groups in total. The number of ether oxygens (including phenoxy) is 3. The SMILES string of the molecule is C=C(C)C(=O)OCCOc1ccc(C(CC)c2ccc(OC)c(C)c2)cc1C. The maximum absolute atomic E-state index is 11.4.